The molecule has 116 valence electrons. The fourth-order valence-electron chi connectivity index (χ4n) is 2.10. The lowest BCUT2D eigenvalue weighted by Crippen LogP contribution is -2.40. The van der Waals surface area contributed by atoms with Gasteiger partial charge in [-0.3, -0.25) is 4.79 Å². The van der Waals surface area contributed by atoms with E-state index in [9.17, 15) is 4.79 Å². The van der Waals surface area contributed by atoms with E-state index in [0.717, 1.165) is 5.69 Å². The third kappa shape index (κ3) is 4.55. The van der Waals surface area contributed by atoms with Crippen LogP contribution in [0.1, 0.15) is 42.3 Å². The summed E-state index contributed by atoms with van der Waals surface area (Å²) in [7, 11) is 0. The minimum atomic E-state index is -0.285. The first kappa shape index (κ1) is 15.9. The maximum absolute atomic E-state index is 12.0. The van der Waals surface area contributed by atoms with Gasteiger partial charge in [0.15, 0.2) is 0 Å². The van der Waals surface area contributed by atoms with Gasteiger partial charge in [-0.25, -0.2) is 9.97 Å². The minimum absolute atomic E-state index is 0.176. The monoisotopic (exact) mass is 298 g/mol. The average Bonchev–Trinajstić information content (AvgIpc) is 2.36. The third-order valence-electron chi connectivity index (χ3n) is 2.88. The van der Waals surface area contributed by atoms with Gasteiger partial charge < -0.3 is 10.6 Å². The summed E-state index contributed by atoms with van der Waals surface area (Å²) in [6, 6.07) is 6.15. The van der Waals surface area contributed by atoms with Gasteiger partial charge in [0.2, 0.25) is 5.95 Å². The topological polar surface area (TPSA) is 66.9 Å². The number of nitrogens with one attached hydrogen (secondary N) is 2. The zero-order valence-corrected chi connectivity index (χ0v) is 13.7. The molecule has 1 aromatic carbocycles. The second-order valence-corrected chi connectivity index (χ2v) is 6.50. The highest BCUT2D eigenvalue weighted by atomic mass is 16.1. The summed E-state index contributed by atoms with van der Waals surface area (Å²) in [4.78, 5) is 20.4. The lowest BCUT2D eigenvalue weighted by atomic mass is 10.1. The Morgan fingerprint density at radius 1 is 1.00 bits per heavy atom. The van der Waals surface area contributed by atoms with E-state index in [0.29, 0.717) is 11.5 Å². The van der Waals surface area contributed by atoms with Crippen LogP contribution in [0.5, 0.6) is 0 Å². The Balaban J connectivity index is 2.10. The SMILES string of the molecule is Cc1cc(C)cc(Nc2ncc(C(=O)NC(C)(C)C)cn2)c1. The van der Waals surface area contributed by atoms with E-state index in [2.05, 4.69) is 26.7 Å². The van der Waals surface area contributed by atoms with E-state index >= 15 is 0 Å². The average molecular weight is 298 g/mol. The number of rotatable bonds is 3. The van der Waals surface area contributed by atoms with Gasteiger partial charge in [0, 0.05) is 23.6 Å². The van der Waals surface area contributed by atoms with Crippen molar-refractivity contribution in [2.75, 3.05) is 5.32 Å². The van der Waals surface area contributed by atoms with Crippen LogP contribution in [0.25, 0.3) is 0 Å². The maximum atomic E-state index is 12.0. The molecule has 0 aliphatic rings. The molecule has 1 heterocycles. The number of nitrogens with zero attached hydrogens (tertiary/aromatic N) is 2. The normalized spacial score (nSPS) is 11.1. The predicted octanol–water partition coefficient (Wildman–Crippen LogP) is 3.37. The van der Waals surface area contributed by atoms with Crippen LogP contribution in [0.4, 0.5) is 11.6 Å². The molecule has 2 N–H and O–H groups in total. The van der Waals surface area contributed by atoms with E-state index in [-0.39, 0.29) is 11.4 Å². The van der Waals surface area contributed by atoms with Crippen molar-refractivity contribution < 1.29 is 4.79 Å². The van der Waals surface area contributed by atoms with Gasteiger partial charge in [0.25, 0.3) is 5.91 Å². The number of anilines is 2. The summed E-state index contributed by atoms with van der Waals surface area (Å²) in [5.41, 5.74) is 3.44. The van der Waals surface area contributed by atoms with Crippen molar-refractivity contribution in [1.29, 1.82) is 0 Å². The first-order valence-corrected chi connectivity index (χ1v) is 7.23. The van der Waals surface area contributed by atoms with Crippen LogP contribution < -0.4 is 10.6 Å². The number of hydrogen-bond acceptors (Lipinski definition) is 4. The molecule has 0 spiro atoms. The quantitative estimate of drug-likeness (QED) is 0.911. The van der Waals surface area contributed by atoms with Gasteiger partial charge >= 0.3 is 0 Å². The Bertz CT molecular complexity index is 652. The molecule has 0 atom stereocenters. The lowest BCUT2D eigenvalue weighted by molar-refractivity contribution is 0.0919. The van der Waals surface area contributed by atoms with Gasteiger partial charge in [-0.15, -0.1) is 0 Å². The molecule has 1 aromatic heterocycles. The molecule has 1 amide bonds. The van der Waals surface area contributed by atoms with Crippen LogP contribution in [-0.2, 0) is 0 Å². The highest BCUT2D eigenvalue weighted by molar-refractivity contribution is 5.94. The second kappa shape index (κ2) is 6.13. The summed E-state index contributed by atoms with van der Waals surface area (Å²) < 4.78 is 0. The van der Waals surface area contributed by atoms with Crippen molar-refractivity contribution in [2.45, 2.75) is 40.2 Å². The van der Waals surface area contributed by atoms with E-state index < -0.39 is 0 Å². The van der Waals surface area contributed by atoms with Gasteiger partial charge in [0.05, 0.1) is 5.56 Å². The van der Waals surface area contributed by atoms with Crippen molar-refractivity contribution in [1.82, 2.24) is 15.3 Å². The Hall–Kier alpha value is -2.43. The van der Waals surface area contributed by atoms with Crippen molar-refractivity contribution in [3.8, 4) is 0 Å². The van der Waals surface area contributed by atoms with Crippen LogP contribution in [0, 0.1) is 13.8 Å². The molecular weight excluding hydrogens is 276 g/mol. The molecule has 0 saturated heterocycles. The molecule has 2 aromatic rings. The van der Waals surface area contributed by atoms with Crippen LogP contribution in [0.3, 0.4) is 0 Å². The zero-order valence-electron chi connectivity index (χ0n) is 13.7. The predicted molar refractivity (Wildman–Crippen MR) is 88.4 cm³/mol. The standard InChI is InChI=1S/C17H22N4O/c1-11-6-12(2)8-14(7-11)20-16-18-9-13(10-19-16)15(22)21-17(3,4)5/h6-10H,1-5H3,(H,21,22)(H,18,19,20). The highest BCUT2D eigenvalue weighted by Crippen LogP contribution is 2.17. The Morgan fingerprint density at radius 2 is 1.55 bits per heavy atom. The summed E-state index contributed by atoms with van der Waals surface area (Å²) in [6.07, 6.45) is 3.05. The number of aromatic nitrogens is 2. The number of carbonyl (C=O) groups is 1. The molecule has 22 heavy (non-hydrogen) atoms. The third-order valence-corrected chi connectivity index (χ3v) is 2.88. The van der Waals surface area contributed by atoms with Gasteiger partial charge in [0.1, 0.15) is 0 Å². The Labute approximate surface area is 131 Å². The zero-order chi connectivity index (χ0) is 16.3. The number of amides is 1. The number of carbonyl (C=O) groups excluding carboxylic acids is 1. The molecule has 0 unspecified atom stereocenters. The van der Waals surface area contributed by atoms with Crippen LogP contribution in [-0.4, -0.2) is 21.4 Å². The van der Waals surface area contributed by atoms with E-state index in [1.807, 2.05) is 46.8 Å². The van der Waals surface area contributed by atoms with E-state index in [1.165, 1.54) is 23.5 Å². The van der Waals surface area contributed by atoms with Crippen LogP contribution in [0.2, 0.25) is 0 Å². The van der Waals surface area contributed by atoms with E-state index in [1.54, 1.807) is 0 Å². The van der Waals surface area contributed by atoms with Crippen molar-refractivity contribution in [3.05, 3.63) is 47.3 Å². The first-order chi connectivity index (χ1) is 10.2. The molecule has 0 fully saturated rings. The number of benzene rings is 1. The van der Waals surface area contributed by atoms with E-state index in [4.69, 9.17) is 0 Å². The first-order valence-electron chi connectivity index (χ1n) is 7.23. The largest absolute Gasteiger partial charge is 0.347 e. The van der Waals surface area contributed by atoms with Gasteiger partial charge in [-0.2, -0.15) is 0 Å². The van der Waals surface area contributed by atoms with Crippen LogP contribution in [0.15, 0.2) is 30.6 Å². The molecule has 5 heteroatoms. The molecule has 2 rings (SSSR count). The fourth-order valence-corrected chi connectivity index (χ4v) is 2.10. The van der Waals surface area contributed by atoms with Crippen LogP contribution >= 0.6 is 0 Å². The highest BCUT2D eigenvalue weighted by Gasteiger charge is 2.15. The molecule has 0 saturated carbocycles. The van der Waals surface area contributed by atoms with Gasteiger partial charge in [-0.05, 0) is 57.9 Å². The molecule has 0 radical (unpaired) electrons. The van der Waals surface area contributed by atoms with Gasteiger partial charge in [-0.1, -0.05) is 6.07 Å². The molecule has 0 aliphatic carbocycles. The number of hydrogen-bond donors (Lipinski definition) is 2. The summed E-state index contributed by atoms with van der Waals surface area (Å²) in [5, 5.41) is 6.03. The number of aryl methyl sites for hydroxylation is 2. The van der Waals surface area contributed by atoms with Crippen molar-refractivity contribution in [2.24, 2.45) is 0 Å². The summed E-state index contributed by atoms with van der Waals surface area (Å²) in [5.74, 6) is 0.294. The fraction of sp³-hybridized carbons (Fsp3) is 0.353. The minimum Gasteiger partial charge on any atom is -0.347 e. The summed E-state index contributed by atoms with van der Waals surface area (Å²) >= 11 is 0. The molecule has 5 nitrogen and oxygen atoms in total. The maximum Gasteiger partial charge on any atom is 0.254 e. The molecule has 0 aliphatic heterocycles. The lowest BCUT2D eigenvalue weighted by Gasteiger charge is -2.20. The second-order valence-electron chi connectivity index (χ2n) is 6.50. The Kier molecular flexibility index (Phi) is 4.45. The van der Waals surface area contributed by atoms with Crippen molar-refractivity contribution in [3.63, 3.8) is 0 Å². The molecular formula is C17H22N4O. The smallest absolute Gasteiger partial charge is 0.254 e. The van der Waals surface area contributed by atoms with Crippen molar-refractivity contribution >= 4 is 17.5 Å². The summed E-state index contributed by atoms with van der Waals surface area (Å²) in [6.45, 7) is 9.88. The molecule has 0 bridgehead atoms. The Morgan fingerprint density at radius 3 is 2.05 bits per heavy atom.